The molecule has 1 aromatic carbocycles. The van der Waals surface area contributed by atoms with Crippen molar-refractivity contribution in [2.24, 2.45) is 0 Å². The molecular formula is C18H24N2O3. The summed E-state index contributed by atoms with van der Waals surface area (Å²) in [4.78, 5) is 11.0. The van der Waals surface area contributed by atoms with Crippen molar-refractivity contribution >= 4 is 12.2 Å². The van der Waals surface area contributed by atoms with Crippen LogP contribution in [0.5, 0.6) is 5.75 Å². The Bertz CT molecular complexity index is 749. The second kappa shape index (κ2) is 5.72. The molecule has 2 rings (SSSR count). The van der Waals surface area contributed by atoms with Gasteiger partial charge in [0.25, 0.3) is 0 Å². The summed E-state index contributed by atoms with van der Waals surface area (Å²) >= 11 is 0. The first-order chi connectivity index (χ1) is 10.5. The molecule has 0 saturated heterocycles. The Morgan fingerprint density at radius 3 is 1.96 bits per heavy atom. The lowest BCUT2D eigenvalue weighted by molar-refractivity contribution is 0.423. The van der Waals surface area contributed by atoms with Crippen LogP contribution in [0.3, 0.4) is 0 Å². The third-order valence-corrected chi connectivity index (χ3v) is 3.62. The van der Waals surface area contributed by atoms with Crippen LogP contribution in [0.2, 0.25) is 0 Å². The maximum Gasteiger partial charge on any atom is 0.434 e. The predicted molar refractivity (Wildman–Crippen MR) is 91.6 cm³/mol. The number of benzene rings is 1. The predicted octanol–water partition coefficient (Wildman–Crippen LogP) is 3.83. The minimum atomic E-state index is -0.582. The first-order valence-corrected chi connectivity index (χ1v) is 7.60. The van der Waals surface area contributed by atoms with Gasteiger partial charge in [0.05, 0.1) is 0 Å². The molecule has 0 unspecified atom stereocenters. The normalized spacial score (nSPS) is 13.0. The maximum absolute atomic E-state index is 11.0. The molecule has 1 heterocycles. The first kappa shape index (κ1) is 17.1. The number of hydrogen-bond donors (Lipinski definition) is 2. The molecule has 0 radical (unpaired) electrons. The number of phenols is 1. The summed E-state index contributed by atoms with van der Waals surface area (Å²) in [7, 11) is 0. The number of rotatable bonds is 2. The number of aromatic nitrogens is 2. The van der Waals surface area contributed by atoms with Gasteiger partial charge in [0.15, 0.2) is 0 Å². The Balaban J connectivity index is 2.56. The van der Waals surface area contributed by atoms with Gasteiger partial charge in [-0.3, -0.25) is 0 Å². The maximum atomic E-state index is 11.0. The highest BCUT2D eigenvalue weighted by molar-refractivity contribution is 5.68. The average molecular weight is 316 g/mol. The van der Waals surface area contributed by atoms with E-state index in [-0.39, 0.29) is 16.7 Å². The van der Waals surface area contributed by atoms with E-state index >= 15 is 0 Å². The number of aromatic hydroxyl groups is 1. The van der Waals surface area contributed by atoms with Crippen molar-refractivity contribution in [1.29, 1.82) is 0 Å². The third-order valence-electron chi connectivity index (χ3n) is 3.62. The second-order valence-electron chi connectivity index (χ2n) is 7.75. The van der Waals surface area contributed by atoms with E-state index in [1.165, 1.54) is 0 Å². The molecule has 2 aromatic rings. The first-order valence-electron chi connectivity index (χ1n) is 7.60. The van der Waals surface area contributed by atoms with Gasteiger partial charge in [-0.25, -0.2) is 9.89 Å². The Morgan fingerprint density at radius 1 is 1.04 bits per heavy atom. The number of nitrogens with zero attached hydrogens (tertiary/aromatic N) is 1. The fraction of sp³-hybridized carbons (Fsp3) is 0.444. The molecule has 0 spiro atoms. The smallest absolute Gasteiger partial charge is 0.434 e. The van der Waals surface area contributed by atoms with E-state index in [9.17, 15) is 9.90 Å². The van der Waals surface area contributed by atoms with Gasteiger partial charge in [0.2, 0.25) is 5.89 Å². The quantitative estimate of drug-likeness (QED) is 0.882. The van der Waals surface area contributed by atoms with Crippen LogP contribution in [0.15, 0.2) is 21.3 Å². The summed E-state index contributed by atoms with van der Waals surface area (Å²) in [5, 5.41) is 16.6. The fourth-order valence-corrected chi connectivity index (χ4v) is 2.38. The molecule has 5 heteroatoms. The Morgan fingerprint density at radius 2 is 1.57 bits per heavy atom. The van der Waals surface area contributed by atoms with Crippen LogP contribution in [0.1, 0.15) is 64.1 Å². The molecule has 5 nitrogen and oxygen atoms in total. The van der Waals surface area contributed by atoms with E-state index in [0.29, 0.717) is 5.75 Å². The van der Waals surface area contributed by atoms with Gasteiger partial charge in [-0.2, -0.15) is 0 Å². The monoisotopic (exact) mass is 316 g/mol. The van der Waals surface area contributed by atoms with Gasteiger partial charge in [-0.1, -0.05) is 41.5 Å². The van der Waals surface area contributed by atoms with E-state index in [0.717, 1.165) is 16.7 Å². The lowest BCUT2D eigenvalue weighted by Gasteiger charge is -2.27. The van der Waals surface area contributed by atoms with Gasteiger partial charge < -0.3 is 9.52 Å². The zero-order valence-corrected chi connectivity index (χ0v) is 14.5. The van der Waals surface area contributed by atoms with Gasteiger partial charge >= 0.3 is 5.76 Å². The average Bonchev–Trinajstić information content (AvgIpc) is 2.80. The molecule has 0 aliphatic rings. The molecule has 23 heavy (non-hydrogen) atoms. The Hall–Kier alpha value is -2.30. The number of phenolic OH excluding ortho intramolecular Hbond substituents is 1. The van der Waals surface area contributed by atoms with E-state index in [2.05, 4.69) is 51.7 Å². The van der Waals surface area contributed by atoms with Crippen LogP contribution in [0.25, 0.3) is 12.2 Å². The molecular weight excluding hydrogens is 292 g/mol. The minimum absolute atomic E-state index is 0.188. The van der Waals surface area contributed by atoms with Crippen LogP contribution < -0.4 is 5.76 Å². The lowest BCUT2D eigenvalue weighted by atomic mass is 9.78. The summed E-state index contributed by atoms with van der Waals surface area (Å²) < 4.78 is 4.87. The molecule has 0 aliphatic heterocycles. The number of H-pyrrole nitrogens is 1. The van der Waals surface area contributed by atoms with E-state index in [1.54, 1.807) is 6.08 Å². The molecule has 2 N–H and O–H groups in total. The Labute approximate surface area is 136 Å². The summed E-state index contributed by atoms with van der Waals surface area (Å²) in [5.74, 6) is -0.0211. The molecule has 124 valence electrons. The highest BCUT2D eigenvalue weighted by Gasteiger charge is 2.26. The van der Waals surface area contributed by atoms with Crippen LogP contribution in [0.4, 0.5) is 0 Å². The number of nitrogens with one attached hydrogen (secondary N) is 1. The van der Waals surface area contributed by atoms with Crippen molar-refractivity contribution in [1.82, 2.24) is 10.2 Å². The summed E-state index contributed by atoms with van der Waals surface area (Å²) in [6, 6.07) is 3.90. The molecule has 0 amide bonds. The highest BCUT2D eigenvalue weighted by atomic mass is 16.4. The van der Waals surface area contributed by atoms with E-state index in [1.807, 2.05) is 18.2 Å². The molecule has 0 bridgehead atoms. The van der Waals surface area contributed by atoms with Gasteiger partial charge in [-0.05, 0) is 34.6 Å². The molecule has 0 saturated carbocycles. The van der Waals surface area contributed by atoms with Gasteiger partial charge in [-0.15, -0.1) is 5.10 Å². The van der Waals surface area contributed by atoms with Crippen LogP contribution in [-0.2, 0) is 10.8 Å². The van der Waals surface area contributed by atoms with Gasteiger partial charge in [0, 0.05) is 17.2 Å². The standard InChI is InChI=1S/C18H24N2O3/c1-17(2,3)12-9-11(7-8-14-19-20-16(22)23-14)10-13(15(12)21)18(4,5)6/h7-10,21H,1-6H3,(H,20,22)/b8-7-. The molecule has 0 atom stereocenters. The SMILES string of the molecule is CC(C)(C)c1cc(/C=C\c2n[nH]c(=O)o2)cc(C(C)(C)C)c1O. The van der Waals surface area contributed by atoms with Crippen molar-refractivity contribution in [2.45, 2.75) is 52.4 Å². The van der Waals surface area contributed by atoms with E-state index in [4.69, 9.17) is 4.42 Å². The number of aromatic amines is 1. The van der Waals surface area contributed by atoms with Gasteiger partial charge in [0.1, 0.15) is 5.75 Å². The summed E-state index contributed by atoms with van der Waals surface area (Å²) in [5.41, 5.74) is 2.31. The topological polar surface area (TPSA) is 79.1 Å². The van der Waals surface area contributed by atoms with Crippen molar-refractivity contribution in [3.63, 3.8) is 0 Å². The molecule has 0 fully saturated rings. The zero-order chi connectivity index (χ0) is 17.4. The van der Waals surface area contributed by atoms with Crippen LogP contribution >= 0.6 is 0 Å². The molecule has 1 aromatic heterocycles. The summed E-state index contributed by atoms with van der Waals surface area (Å²) in [6.45, 7) is 12.4. The van der Waals surface area contributed by atoms with Crippen LogP contribution in [-0.4, -0.2) is 15.3 Å². The van der Waals surface area contributed by atoms with Crippen molar-refractivity contribution in [3.05, 3.63) is 45.3 Å². The zero-order valence-electron chi connectivity index (χ0n) is 14.5. The van der Waals surface area contributed by atoms with Crippen molar-refractivity contribution in [3.8, 4) is 5.75 Å². The Kier molecular flexibility index (Phi) is 4.24. The third kappa shape index (κ3) is 3.92. The lowest BCUT2D eigenvalue weighted by Crippen LogP contribution is -2.17. The highest BCUT2D eigenvalue weighted by Crippen LogP contribution is 2.40. The largest absolute Gasteiger partial charge is 0.507 e. The van der Waals surface area contributed by atoms with Crippen LogP contribution in [0, 0.1) is 0 Å². The van der Waals surface area contributed by atoms with E-state index < -0.39 is 5.76 Å². The van der Waals surface area contributed by atoms with Crippen molar-refractivity contribution in [2.75, 3.05) is 0 Å². The minimum Gasteiger partial charge on any atom is -0.507 e. The fourth-order valence-electron chi connectivity index (χ4n) is 2.38. The van der Waals surface area contributed by atoms with Crippen molar-refractivity contribution < 1.29 is 9.52 Å². The molecule has 0 aliphatic carbocycles. The number of hydrogen-bond acceptors (Lipinski definition) is 4. The summed E-state index contributed by atoms with van der Waals surface area (Å²) in [6.07, 6.45) is 3.45. The second-order valence-corrected chi connectivity index (χ2v) is 7.75.